The highest BCUT2D eigenvalue weighted by atomic mass is 35.5. The topological polar surface area (TPSA) is 49.5 Å². The molecular formula is C15H23ClN2O. The first kappa shape index (κ1) is 14.6. The molecule has 19 heavy (non-hydrogen) atoms. The molecule has 0 aromatic heterocycles. The molecule has 0 saturated heterocycles. The molecular weight excluding hydrogens is 260 g/mol. The maximum atomic E-state index is 9.37. The van der Waals surface area contributed by atoms with Gasteiger partial charge in [-0.3, -0.25) is 0 Å². The Labute approximate surface area is 120 Å². The third kappa shape index (κ3) is 3.41. The zero-order chi connectivity index (χ0) is 13.7. The van der Waals surface area contributed by atoms with E-state index in [1.54, 1.807) is 0 Å². The second-order valence-electron chi connectivity index (χ2n) is 5.16. The van der Waals surface area contributed by atoms with E-state index < -0.39 is 0 Å². The second-order valence-corrected chi connectivity index (χ2v) is 5.57. The fourth-order valence-corrected chi connectivity index (χ4v) is 3.33. The van der Waals surface area contributed by atoms with Crippen LogP contribution in [0.5, 0.6) is 0 Å². The Hall–Kier alpha value is -0.770. The van der Waals surface area contributed by atoms with Gasteiger partial charge in [-0.05, 0) is 24.5 Å². The lowest BCUT2D eigenvalue weighted by Gasteiger charge is -2.37. The average Bonchev–Trinajstić information content (AvgIpc) is 2.46. The summed E-state index contributed by atoms with van der Waals surface area (Å²) in [4.78, 5) is 2.27. The number of aliphatic hydroxyl groups is 1. The van der Waals surface area contributed by atoms with E-state index in [0.29, 0.717) is 19.1 Å². The fraction of sp³-hybridized carbons (Fsp3) is 0.600. The monoisotopic (exact) mass is 282 g/mol. The molecule has 0 aliphatic heterocycles. The van der Waals surface area contributed by atoms with Crippen molar-refractivity contribution in [2.45, 2.75) is 44.7 Å². The minimum atomic E-state index is 0.145. The molecule has 1 aliphatic rings. The Morgan fingerprint density at radius 2 is 2.00 bits per heavy atom. The van der Waals surface area contributed by atoms with Crippen LogP contribution in [0.1, 0.15) is 37.7 Å². The molecule has 0 spiro atoms. The van der Waals surface area contributed by atoms with Crippen molar-refractivity contribution < 1.29 is 5.11 Å². The van der Waals surface area contributed by atoms with Crippen LogP contribution in [0.25, 0.3) is 0 Å². The number of para-hydroxylation sites is 1. The average molecular weight is 283 g/mol. The molecule has 4 heteroatoms. The number of benzene rings is 1. The first-order valence-corrected chi connectivity index (χ1v) is 7.50. The Kier molecular flexibility index (Phi) is 5.49. The normalized spacial score (nSPS) is 16.6. The number of nitrogens with zero attached hydrogens (tertiary/aromatic N) is 1. The van der Waals surface area contributed by atoms with E-state index in [1.807, 2.05) is 18.2 Å². The zero-order valence-corrected chi connectivity index (χ0v) is 12.1. The minimum Gasteiger partial charge on any atom is -0.395 e. The Bertz CT molecular complexity index is 405. The molecule has 0 amide bonds. The third-order valence-corrected chi connectivity index (χ3v) is 4.24. The van der Waals surface area contributed by atoms with Gasteiger partial charge in [0.15, 0.2) is 0 Å². The number of aliphatic hydroxyl groups excluding tert-OH is 1. The Balaban J connectivity index is 2.32. The number of hydrogen-bond acceptors (Lipinski definition) is 3. The molecule has 0 atom stereocenters. The molecule has 0 radical (unpaired) electrons. The number of anilines is 1. The molecule has 1 aliphatic carbocycles. The van der Waals surface area contributed by atoms with Crippen molar-refractivity contribution in [3.63, 3.8) is 0 Å². The standard InChI is InChI=1S/C15H23ClN2O/c16-14-8-4-5-12(11-17)15(14)18(9-10-19)13-6-2-1-3-7-13/h4-5,8,13,19H,1-3,6-7,9-11,17H2. The molecule has 106 valence electrons. The summed E-state index contributed by atoms with van der Waals surface area (Å²) < 4.78 is 0. The summed E-state index contributed by atoms with van der Waals surface area (Å²) in [5, 5.41) is 10.1. The van der Waals surface area contributed by atoms with E-state index >= 15 is 0 Å². The van der Waals surface area contributed by atoms with E-state index in [1.165, 1.54) is 32.1 Å². The molecule has 1 fully saturated rings. The molecule has 0 bridgehead atoms. The SMILES string of the molecule is NCc1cccc(Cl)c1N(CCO)C1CCCCC1. The highest BCUT2D eigenvalue weighted by Gasteiger charge is 2.24. The number of rotatable bonds is 5. The first-order valence-electron chi connectivity index (χ1n) is 7.13. The highest BCUT2D eigenvalue weighted by molar-refractivity contribution is 6.33. The maximum Gasteiger partial charge on any atom is 0.0643 e. The van der Waals surface area contributed by atoms with Gasteiger partial charge in [-0.2, -0.15) is 0 Å². The van der Waals surface area contributed by atoms with Crippen LogP contribution >= 0.6 is 11.6 Å². The van der Waals surface area contributed by atoms with Crippen LogP contribution in [0.15, 0.2) is 18.2 Å². The Morgan fingerprint density at radius 1 is 1.26 bits per heavy atom. The molecule has 3 nitrogen and oxygen atoms in total. The lowest BCUT2D eigenvalue weighted by Crippen LogP contribution is -2.39. The highest BCUT2D eigenvalue weighted by Crippen LogP contribution is 2.34. The van der Waals surface area contributed by atoms with Crippen LogP contribution in [0.3, 0.4) is 0 Å². The lowest BCUT2D eigenvalue weighted by molar-refractivity contribution is 0.290. The van der Waals surface area contributed by atoms with Crippen molar-refractivity contribution in [1.82, 2.24) is 0 Å². The molecule has 2 rings (SSSR count). The largest absolute Gasteiger partial charge is 0.395 e. The van der Waals surface area contributed by atoms with Gasteiger partial charge in [-0.1, -0.05) is 43.0 Å². The summed E-state index contributed by atoms with van der Waals surface area (Å²) in [5.41, 5.74) is 7.92. The Morgan fingerprint density at radius 3 is 2.63 bits per heavy atom. The quantitative estimate of drug-likeness (QED) is 0.873. The molecule has 1 saturated carbocycles. The van der Waals surface area contributed by atoms with E-state index in [2.05, 4.69) is 4.90 Å². The molecule has 1 aromatic carbocycles. The van der Waals surface area contributed by atoms with Gasteiger partial charge in [0.25, 0.3) is 0 Å². The summed E-state index contributed by atoms with van der Waals surface area (Å²) in [7, 11) is 0. The van der Waals surface area contributed by atoms with Gasteiger partial charge in [0, 0.05) is 19.1 Å². The molecule has 3 N–H and O–H groups in total. The second kappa shape index (κ2) is 7.13. The zero-order valence-electron chi connectivity index (χ0n) is 11.3. The van der Waals surface area contributed by atoms with Crippen molar-refractivity contribution in [3.8, 4) is 0 Å². The van der Waals surface area contributed by atoms with Crippen LogP contribution in [-0.4, -0.2) is 24.3 Å². The van der Waals surface area contributed by atoms with Crippen molar-refractivity contribution in [2.75, 3.05) is 18.1 Å². The number of hydrogen-bond donors (Lipinski definition) is 2. The fourth-order valence-electron chi connectivity index (χ4n) is 3.02. The van der Waals surface area contributed by atoms with E-state index in [0.717, 1.165) is 16.3 Å². The molecule has 0 heterocycles. The minimum absolute atomic E-state index is 0.145. The van der Waals surface area contributed by atoms with Gasteiger partial charge >= 0.3 is 0 Å². The van der Waals surface area contributed by atoms with Crippen molar-refractivity contribution in [1.29, 1.82) is 0 Å². The van der Waals surface area contributed by atoms with E-state index in [4.69, 9.17) is 17.3 Å². The predicted octanol–water partition coefficient (Wildman–Crippen LogP) is 2.93. The first-order chi connectivity index (χ1) is 9.27. The lowest BCUT2D eigenvalue weighted by atomic mass is 9.93. The summed E-state index contributed by atoms with van der Waals surface area (Å²) in [6.45, 7) is 1.25. The van der Waals surface area contributed by atoms with Crippen LogP contribution in [-0.2, 0) is 6.54 Å². The van der Waals surface area contributed by atoms with Gasteiger partial charge in [0.05, 0.1) is 17.3 Å². The van der Waals surface area contributed by atoms with Gasteiger partial charge in [0.1, 0.15) is 0 Å². The van der Waals surface area contributed by atoms with Crippen LogP contribution in [0, 0.1) is 0 Å². The van der Waals surface area contributed by atoms with Crippen molar-refractivity contribution in [2.24, 2.45) is 5.73 Å². The van der Waals surface area contributed by atoms with Gasteiger partial charge in [-0.25, -0.2) is 0 Å². The maximum absolute atomic E-state index is 9.37. The summed E-state index contributed by atoms with van der Waals surface area (Å²) >= 11 is 6.38. The van der Waals surface area contributed by atoms with Gasteiger partial charge in [-0.15, -0.1) is 0 Å². The van der Waals surface area contributed by atoms with E-state index in [-0.39, 0.29) is 6.61 Å². The van der Waals surface area contributed by atoms with E-state index in [9.17, 15) is 5.11 Å². The van der Waals surface area contributed by atoms with Crippen LogP contribution in [0.4, 0.5) is 5.69 Å². The molecule has 1 aromatic rings. The smallest absolute Gasteiger partial charge is 0.0643 e. The van der Waals surface area contributed by atoms with Gasteiger partial charge in [0.2, 0.25) is 0 Å². The predicted molar refractivity (Wildman–Crippen MR) is 80.6 cm³/mol. The number of halogens is 1. The van der Waals surface area contributed by atoms with Crippen molar-refractivity contribution >= 4 is 17.3 Å². The molecule has 0 unspecified atom stereocenters. The van der Waals surface area contributed by atoms with Crippen molar-refractivity contribution in [3.05, 3.63) is 28.8 Å². The summed E-state index contributed by atoms with van der Waals surface area (Å²) in [6, 6.07) is 6.34. The number of nitrogens with two attached hydrogens (primary N) is 1. The summed E-state index contributed by atoms with van der Waals surface area (Å²) in [6.07, 6.45) is 6.18. The van der Waals surface area contributed by atoms with Crippen LogP contribution < -0.4 is 10.6 Å². The third-order valence-electron chi connectivity index (χ3n) is 3.93. The van der Waals surface area contributed by atoms with Gasteiger partial charge < -0.3 is 15.7 Å². The summed E-state index contributed by atoms with van der Waals surface area (Å²) in [5.74, 6) is 0. The van der Waals surface area contributed by atoms with Crippen LogP contribution in [0.2, 0.25) is 5.02 Å².